The Morgan fingerprint density at radius 3 is 2.85 bits per heavy atom. The zero-order valence-corrected chi connectivity index (χ0v) is 15.6. The number of hydrogen-bond acceptors (Lipinski definition) is 4. The minimum absolute atomic E-state index is 0.0757. The molecule has 0 radical (unpaired) electrons. The average Bonchev–Trinajstić information content (AvgIpc) is 3.25. The third kappa shape index (κ3) is 3.04. The predicted molar refractivity (Wildman–Crippen MR) is 105 cm³/mol. The average molecular weight is 365 g/mol. The lowest BCUT2D eigenvalue weighted by molar-refractivity contribution is -0.116. The van der Waals surface area contributed by atoms with E-state index in [0.29, 0.717) is 30.9 Å². The first-order valence-corrected chi connectivity index (χ1v) is 9.35. The van der Waals surface area contributed by atoms with Gasteiger partial charge in [-0.3, -0.25) is 14.0 Å². The molecule has 1 aliphatic carbocycles. The first kappa shape index (κ1) is 17.5. The van der Waals surface area contributed by atoms with Crippen LogP contribution < -0.4 is 10.9 Å². The van der Waals surface area contributed by atoms with Crippen LogP contribution in [0, 0.1) is 0 Å². The molecule has 0 atom stereocenters. The quantitative estimate of drug-likeness (QED) is 0.549. The molecular formula is C20H23N5O2. The molecule has 1 aromatic carbocycles. The van der Waals surface area contributed by atoms with Crippen LogP contribution in [0.3, 0.4) is 0 Å². The molecule has 2 N–H and O–H groups in total. The molecule has 2 aromatic heterocycles. The summed E-state index contributed by atoms with van der Waals surface area (Å²) < 4.78 is 1.78. The van der Waals surface area contributed by atoms with Crippen LogP contribution in [0.4, 0.5) is 5.82 Å². The van der Waals surface area contributed by atoms with E-state index in [2.05, 4.69) is 40.1 Å². The highest BCUT2D eigenvalue weighted by Crippen LogP contribution is 2.35. The van der Waals surface area contributed by atoms with E-state index in [4.69, 9.17) is 0 Å². The van der Waals surface area contributed by atoms with Gasteiger partial charge >= 0.3 is 0 Å². The van der Waals surface area contributed by atoms with E-state index >= 15 is 0 Å². The van der Waals surface area contributed by atoms with E-state index < -0.39 is 0 Å². The van der Waals surface area contributed by atoms with E-state index in [1.54, 1.807) is 10.6 Å². The third-order valence-corrected chi connectivity index (χ3v) is 5.22. The largest absolute Gasteiger partial charge is 0.317 e. The number of rotatable bonds is 6. The molecule has 0 fully saturated rings. The lowest BCUT2D eigenvalue weighted by Crippen LogP contribution is -2.27. The summed E-state index contributed by atoms with van der Waals surface area (Å²) in [6.07, 6.45) is 2.65. The van der Waals surface area contributed by atoms with Crippen LogP contribution in [0.15, 0.2) is 35.3 Å². The van der Waals surface area contributed by atoms with Gasteiger partial charge in [-0.25, -0.2) is 4.98 Å². The molecule has 7 heteroatoms. The minimum atomic E-state index is -0.255. The molecule has 4 rings (SSSR count). The molecule has 0 spiro atoms. The second kappa shape index (κ2) is 7.00. The zero-order valence-electron chi connectivity index (χ0n) is 15.6. The van der Waals surface area contributed by atoms with Crippen molar-refractivity contribution in [1.82, 2.24) is 19.3 Å². The fourth-order valence-electron chi connectivity index (χ4n) is 3.72. The van der Waals surface area contributed by atoms with E-state index in [-0.39, 0.29) is 11.5 Å². The molecule has 0 unspecified atom stereocenters. The number of aromatic amines is 1. The number of benzene rings is 1. The van der Waals surface area contributed by atoms with Gasteiger partial charge in [-0.15, -0.1) is 0 Å². The lowest BCUT2D eigenvalue weighted by atomic mass is 10.1. The van der Waals surface area contributed by atoms with Gasteiger partial charge in [0.05, 0.1) is 17.6 Å². The summed E-state index contributed by atoms with van der Waals surface area (Å²) in [7, 11) is 0. The molecule has 2 heterocycles. The van der Waals surface area contributed by atoms with E-state index in [0.717, 1.165) is 35.6 Å². The van der Waals surface area contributed by atoms with E-state index in [1.807, 2.05) is 18.2 Å². The Bertz CT molecular complexity index is 1060. The van der Waals surface area contributed by atoms with Gasteiger partial charge in [-0.1, -0.05) is 38.1 Å². The van der Waals surface area contributed by atoms with Crippen LogP contribution in [0.2, 0.25) is 0 Å². The second-order valence-electron chi connectivity index (χ2n) is 6.74. The maximum Gasteiger partial charge on any atom is 0.292 e. The first-order valence-electron chi connectivity index (χ1n) is 9.35. The molecule has 27 heavy (non-hydrogen) atoms. The topological polar surface area (TPSA) is 82.5 Å². The summed E-state index contributed by atoms with van der Waals surface area (Å²) >= 11 is 0. The van der Waals surface area contributed by atoms with Crippen LogP contribution in [-0.2, 0) is 11.2 Å². The number of carbonyl (C=O) groups excluding carboxylic acids is 1. The Hall–Kier alpha value is -2.93. The van der Waals surface area contributed by atoms with E-state index in [1.165, 1.54) is 0 Å². The second-order valence-corrected chi connectivity index (χ2v) is 6.74. The van der Waals surface area contributed by atoms with Crippen LogP contribution in [0.1, 0.15) is 31.5 Å². The smallest absolute Gasteiger partial charge is 0.292 e. The van der Waals surface area contributed by atoms with Crippen LogP contribution in [0.5, 0.6) is 0 Å². The molecule has 3 aromatic rings. The van der Waals surface area contributed by atoms with Crippen molar-refractivity contribution in [3.8, 4) is 11.3 Å². The van der Waals surface area contributed by atoms with Crippen molar-refractivity contribution >= 4 is 17.4 Å². The van der Waals surface area contributed by atoms with Gasteiger partial charge in [-0.05, 0) is 18.7 Å². The van der Waals surface area contributed by atoms with Crippen molar-refractivity contribution in [2.75, 3.05) is 25.0 Å². The Kier molecular flexibility index (Phi) is 4.53. The number of nitrogens with one attached hydrogen (secondary N) is 2. The summed E-state index contributed by atoms with van der Waals surface area (Å²) in [6.45, 7) is 6.71. The Balaban J connectivity index is 1.67. The van der Waals surface area contributed by atoms with Crippen molar-refractivity contribution in [3.63, 3.8) is 0 Å². The maximum absolute atomic E-state index is 12.5. The van der Waals surface area contributed by atoms with Crippen molar-refractivity contribution < 1.29 is 4.79 Å². The minimum Gasteiger partial charge on any atom is -0.317 e. The number of carbonyl (C=O) groups is 1. The number of H-pyrrole nitrogens is 1. The molecule has 0 bridgehead atoms. The monoisotopic (exact) mass is 365 g/mol. The molecule has 140 valence electrons. The number of fused-ring (bicyclic) bond motifs is 5. The Morgan fingerprint density at radius 1 is 1.30 bits per heavy atom. The standard InChI is InChI=1S/C20H23N5O2/c1-3-24(4-2)10-9-17(26)22-16-12-21-19-20(27)23-18-14-8-6-5-7-13(14)11-15(18)25(16)19/h5-8,12H,3-4,9-11H2,1-2H3,(H,22,26)(H,23,27). The van der Waals surface area contributed by atoms with Gasteiger partial charge in [-0.2, -0.15) is 0 Å². The van der Waals surface area contributed by atoms with E-state index in [9.17, 15) is 9.59 Å². The normalized spacial score (nSPS) is 12.4. The van der Waals surface area contributed by atoms with Crippen molar-refractivity contribution in [2.24, 2.45) is 0 Å². The summed E-state index contributed by atoms with van der Waals surface area (Å²) in [5, 5.41) is 2.93. The van der Waals surface area contributed by atoms with Gasteiger partial charge in [0.1, 0.15) is 5.82 Å². The molecule has 7 nitrogen and oxygen atoms in total. The number of nitrogens with zero attached hydrogens (tertiary/aromatic N) is 3. The summed E-state index contributed by atoms with van der Waals surface area (Å²) in [4.78, 5) is 34.3. The number of anilines is 1. The summed E-state index contributed by atoms with van der Waals surface area (Å²) in [6, 6.07) is 8.00. The third-order valence-electron chi connectivity index (χ3n) is 5.22. The highest BCUT2D eigenvalue weighted by Gasteiger charge is 2.24. The van der Waals surface area contributed by atoms with Gasteiger partial charge in [0, 0.05) is 24.9 Å². The highest BCUT2D eigenvalue weighted by atomic mass is 16.1. The molecular weight excluding hydrogens is 342 g/mol. The van der Waals surface area contributed by atoms with Crippen molar-refractivity contribution in [2.45, 2.75) is 26.7 Å². The van der Waals surface area contributed by atoms with Gasteiger partial charge in [0.2, 0.25) is 11.6 Å². The van der Waals surface area contributed by atoms with Gasteiger partial charge < -0.3 is 15.2 Å². The highest BCUT2D eigenvalue weighted by molar-refractivity contribution is 5.90. The van der Waals surface area contributed by atoms with Crippen LogP contribution >= 0.6 is 0 Å². The molecule has 0 saturated heterocycles. The molecule has 0 saturated carbocycles. The molecule has 1 amide bonds. The zero-order chi connectivity index (χ0) is 19.0. The molecule has 1 aliphatic rings. The number of imidazole rings is 1. The lowest BCUT2D eigenvalue weighted by Gasteiger charge is -2.17. The number of amides is 1. The predicted octanol–water partition coefficient (Wildman–Crippen LogP) is 2.26. The Morgan fingerprint density at radius 2 is 2.07 bits per heavy atom. The van der Waals surface area contributed by atoms with Gasteiger partial charge in [0.15, 0.2) is 0 Å². The molecule has 0 aliphatic heterocycles. The summed E-state index contributed by atoms with van der Waals surface area (Å²) in [5.41, 5.74) is 3.99. The van der Waals surface area contributed by atoms with Crippen molar-refractivity contribution in [1.29, 1.82) is 0 Å². The van der Waals surface area contributed by atoms with Crippen LogP contribution in [0.25, 0.3) is 16.9 Å². The fraction of sp³-hybridized carbons (Fsp3) is 0.350. The first-order chi connectivity index (χ1) is 13.1. The number of aromatic nitrogens is 3. The SMILES string of the molecule is CCN(CC)CCC(=O)Nc1cnc2c(=O)[nH]c3c(n12)Cc1ccccc1-3. The number of hydrogen-bond donors (Lipinski definition) is 2. The fourth-order valence-corrected chi connectivity index (χ4v) is 3.72. The van der Waals surface area contributed by atoms with Crippen molar-refractivity contribution in [3.05, 3.63) is 52.1 Å². The maximum atomic E-state index is 12.5. The van der Waals surface area contributed by atoms with Gasteiger partial charge in [0.25, 0.3) is 5.56 Å². The van der Waals surface area contributed by atoms with Crippen LogP contribution in [-0.4, -0.2) is 44.8 Å². The Labute approximate surface area is 157 Å². The summed E-state index contributed by atoms with van der Waals surface area (Å²) in [5.74, 6) is 0.470.